The predicted octanol–water partition coefficient (Wildman–Crippen LogP) is 3.74. The van der Waals surface area contributed by atoms with Crippen molar-refractivity contribution < 1.29 is 0 Å². The third kappa shape index (κ3) is 6.50. The van der Waals surface area contributed by atoms with Gasteiger partial charge in [-0.2, -0.15) is 0 Å². The van der Waals surface area contributed by atoms with Crippen LogP contribution in [0.2, 0.25) is 0 Å². The van der Waals surface area contributed by atoms with E-state index in [0.717, 1.165) is 37.6 Å². The minimum Gasteiger partial charge on any atom is -0.356 e. The number of thiazole rings is 1. The minimum absolute atomic E-state index is 0.155. The summed E-state index contributed by atoms with van der Waals surface area (Å²) in [6.07, 6.45) is 1.96. The zero-order chi connectivity index (χ0) is 18.3. The van der Waals surface area contributed by atoms with Crippen molar-refractivity contribution in [1.82, 2.24) is 15.6 Å². The molecule has 0 atom stereocenters. The van der Waals surface area contributed by atoms with Gasteiger partial charge in [0, 0.05) is 31.4 Å². The maximum Gasteiger partial charge on any atom is 0.191 e. The summed E-state index contributed by atoms with van der Waals surface area (Å²) in [6.45, 7) is 10.5. The number of nitrogens with zero attached hydrogens (tertiary/aromatic N) is 2. The highest BCUT2D eigenvalue weighted by molar-refractivity contribution is 7.11. The van der Waals surface area contributed by atoms with Gasteiger partial charge in [0.25, 0.3) is 0 Å². The summed E-state index contributed by atoms with van der Waals surface area (Å²) < 4.78 is 0. The maximum absolute atomic E-state index is 4.58. The Bertz CT molecular complexity index is 669. The fourth-order valence-corrected chi connectivity index (χ4v) is 3.62. The average molecular weight is 359 g/mol. The number of guanidine groups is 1. The van der Waals surface area contributed by atoms with Gasteiger partial charge in [-0.25, -0.2) is 4.98 Å². The van der Waals surface area contributed by atoms with E-state index >= 15 is 0 Å². The first-order valence-electron chi connectivity index (χ1n) is 8.81. The Hall–Kier alpha value is -1.88. The minimum atomic E-state index is 0.155. The topological polar surface area (TPSA) is 49.3 Å². The van der Waals surface area contributed by atoms with Gasteiger partial charge in [0.15, 0.2) is 5.96 Å². The second kappa shape index (κ2) is 8.99. The fourth-order valence-electron chi connectivity index (χ4n) is 2.69. The van der Waals surface area contributed by atoms with Gasteiger partial charge in [0.2, 0.25) is 0 Å². The second-order valence-corrected chi connectivity index (χ2v) is 8.47. The van der Waals surface area contributed by atoms with Crippen LogP contribution < -0.4 is 10.6 Å². The Kier molecular flexibility index (Phi) is 7.00. The van der Waals surface area contributed by atoms with Crippen LogP contribution in [0.15, 0.2) is 35.3 Å². The number of hydrogen-bond donors (Lipinski definition) is 2. The van der Waals surface area contributed by atoms with Crippen LogP contribution in [0.1, 0.15) is 35.0 Å². The number of aliphatic imine (C=N–C) groups is 1. The number of benzene rings is 1. The molecule has 0 fully saturated rings. The van der Waals surface area contributed by atoms with E-state index in [4.69, 9.17) is 0 Å². The number of aromatic nitrogens is 1. The molecule has 0 aliphatic carbocycles. The standard InChI is InChI=1S/C20H30N4S/c1-15-16(2)25-18(24-15)11-12-22-19(21-5)23-14-20(3,4)13-17-9-7-6-8-10-17/h6-10H,11-14H2,1-5H3,(H2,21,22,23). The van der Waals surface area contributed by atoms with Crippen molar-refractivity contribution in [3.63, 3.8) is 0 Å². The molecule has 136 valence electrons. The summed E-state index contributed by atoms with van der Waals surface area (Å²) in [7, 11) is 1.82. The van der Waals surface area contributed by atoms with Crippen molar-refractivity contribution in [1.29, 1.82) is 0 Å². The molecule has 1 heterocycles. The maximum atomic E-state index is 4.58. The van der Waals surface area contributed by atoms with Gasteiger partial charge < -0.3 is 10.6 Å². The monoisotopic (exact) mass is 358 g/mol. The van der Waals surface area contributed by atoms with E-state index in [1.807, 2.05) is 7.05 Å². The molecule has 0 unspecified atom stereocenters. The number of nitrogens with one attached hydrogen (secondary N) is 2. The van der Waals surface area contributed by atoms with E-state index in [0.29, 0.717) is 0 Å². The van der Waals surface area contributed by atoms with Crippen molar-refractivity contribution in [3.05, 3.63) is 51.5 Å². The lowest BCUT2D eigenvalue weighted by Gasteiger charge is -2.26. The normalized spacial score (nSPS) is 12.3. The average Bonchev–Trinajstić information content (AvgIpc) is 2.89. The van der Waals surface area contributed by atoms with Crippen LogP contribution in [0, 0.1) is 19.3 Å². The molecule has 0 radical (unpaired) electrons. The quantitative estimate of drug-likeness (QED) is 0.586. The Balaban J connectivity index is 1.77. The molecule has 0 spiro atoms. The SMILES string of the molecule is CN=C(NCCc1nc(C)c(C)s1)NCC(C)(C)Cc1ccccc1. The molecule has 0 bridgehead atoms. The summed E-state index contributed by atoms with van der Waals surface area (Å²) in [4.78, 5) is 10.2. The first-order valence-corrected chi connectivity index (χ1v) is 9.62. The molecular weight excluding hydrogens is 328 g/mol. The molecule has 0 aliphatic heterocycles. The molecule has 0 saturated carbocycles. The van der Waals surface area contributed by atoms with Crippen molar-refractivity contribution in [2.24, 2.45) is 10.4 Å². The first-order chi connectivity index (χ1) is 11.9. The first kappa shape index (κ1) is 19.4. The summed E-state index contributed by atoms with van der Waals surface area (Å²) in [5, 5.41) is 8.03. The largest absolute Gasteiger partial charge is 0.356 e. The Labute approximate surface area is 155 Å². The van der Waals surface area contributed by atoms with Gasteiger partial charge in [-0.05, 0) is 31.2 Å². The smallest absolute Gasteiger partial charge is 0.191 e. The zero-order valence-corrected chi connectivity index (χ0v) is 16.8. The molecule has 0 aliphatic rings. The molecule has 25 heavy (non-hydrogen) atoms. The predicted molar refractivity (Wildman–Crippen MR) is 109 cm³/mol. The van der Waals surface area contributed by atoms with Gasteiger partial charge in [0.05, 0.1) is 10.7 Å². The van der Waals surface area contributed by atoms with E-state index in [9.17, 15) is 0 Å². The lowest BCUT2D eigenvalue weighted by molar-refractivity contribution is 0.359. The third-order valence-electron chi connectivity index (χ3n) is 4.19. The molecule has 0 amide bonds. The molecule has 1 aromatic carbocycles. The Morgan fingerprint density at radius 1 is 1.16 bits per heavy atom. The van der Waals surface area contributed by atoms with Gasteiger partial charge in [-0.15, -0.1) is 11.3 Å². The summed E-state index contributed by atoms with van der Waals surface area (Å²) in [6, 6.07) is 10.6. The molecule has 2 aromatic rings. The third-order valence-corrected chi connectivity index (χ3v) is 5.32. The highest BCUT2D eigenvalue weighted by Crippen LogP contribution is 2.20. The Morgan fingerprint density at radius 3 is 2.48 bits per heavy atom. The highest BCUT2D eigenvalue weighted by atomic mass is 32.1. The van der Waals surface area contributed by atoms with E-state index in [1.165, 1.54) is 15.4 Å². The van der Waals surface area contributed by atoms with Gasteiger partial charge in [-0.1, -0.05) is 44.2 Å². The van der Waals surface area contributed by atoms with E-state index < -0.39 is 0 Å². The zero-order valence-electron chi connectivity index (χ0n) is 16.0. The molecule has 1 aromatic heterocycles. The van der Waals surface area contributed by atoms with Crippen molar-refractivity contribution >= 4 is 17.3 Å². The van der Waals surface area contributed by atoms with E-state index in [2.05, 4.69) is 78.6 Å². The van der Waals surface area contributed by atoms with Crippen LogP contribution in [0.3, 0.4) is 0 Å². The molecular formula is C20H30N4S. The number of hydrogen-bond acceptors (Lipinski definition) is 3. The van der Waals surface area contributed by atoms with Crippen LogP contribution in [0.5, 0.6) is 0 Å². The molecule has 5 heteroatoms. The van der Waals surface area contributed by atoms with Crippen LogP contribution in [-0.4, -0.2) is 31.1 Å². The van der Waals surface area contributed by atoms with Crippen LogP contribution in [-0.2, 0) is 12.8 Å². The van der Waals surface area contributed by atoms with E-state index in [1.54, 1.807) is 11.3 Å². The lowest BCUT2D eigenvalue weighted by atomic mass is 9.86. The number of rotatable bonds is 7. The second-order valence-electron chi connectivity index (χ2n) is 7.18. The van der Waals surface area contributed by atoms with E-state index in [-0.39, 0.29) is 5.41 Å². The number of aryl methyl sites for hydroxylation is 2. The van der Waals surface area contributed by atoms with Gasteiger partial charge in [0.1, 0.15) is 0 Å². The van der Waals surface area contributed by atoms with Gasteiger partial charge >= 0.3 is 0 Å². The van der Waals surface area contributed by atoms with Crippen LogP contribution in [0.25, 0.3) is 0 Å². The lowest BCUT2D eigenvalue weighted by Crippen LogP contribution is -2.43. The van der Waals surface area contributed by atoms with Crippen LogP contribution >= 0.6 is 11.3 Å². The van der Waals surface area contributed by atoms with Crippen molar-refractivity contribution in [2.75, 3.05) is 20.1 Å². The summed E-state index contributed by atoms with van der Waals surface area (Å²) in [5.41, 5.74) is 2.67. The summed E-state index contributed by atoms with van der Waals surface area (Å²) >= 11 is 1.78. The highest BCUT2D eigenvalue weighted by Gasteiger charge is 2.19. The molecule has 4 nitrogen and oxygen atoms in total. The Morgan fingerprint density at radius 2 is 1.88 bits per heavy atom. The molecule has 2 rings (SSSR count). The fraction of sp³-hybridized carbons (Fsp3) is 0.500. The summed E-state index contributed by atoms with van der Waals surface area (Å²) in [5.74, 6) is 0.853. The van der Waals surface area contributed by atoms with Crippen LogP contribution in [0.4, 0.5) is 0 Å². The van der Waals surface area contributed by atoms with Crippen molar-refractivity contribution in [2.45, 2.75) is 40.5 Å². The van der Waals surface area contributed by atoms with Crippen molar-refractivity contribution in [3.8, 4) is 0 Å². The molecule has 0 saturated heterocycles. The molecule has 2 N–H and O–H groups in total. The van der Waals surface area contributed by atoms with Gasteiger partial charge in [-0.3, -0.25) is 4.99 Å².